The molecule has 2 aromatic carbocycles. The first-order valence-corrected chi connectivity index (χ1v) is 9.07. The zero-order valence-corrected chi connectivity index (χ0v) is 14.4. The van der Waals surface area contributed by atoms with Crippen molar-refractivity contribution in [3.8, 4) is 5.75 Å². The predicted octanol–water partition coefficient (Wildman–Crippen LogP) is 3.22. The Kier molecular flexibility index (Phi) is 3.50. The van der Waals surface area contributed by atoms with Gasteiger partial charge in [0.2, 0.25) is 11.8 Å². The van der Waals surface area contributed by atoms with E-state index >= 15 is 0 Å². The highest BCUT2D eigenvalue weighted by molar-refractivity contribution is 6.22. The summed E-state index contributed by atoms with van der Waals surface area (Å²) in [5, 5.41) is 0. The Labute approximate surface area is 156 Å². The van der Waals surface area contributed by atoms with Crippen LogP contribution in [0.1, 0.15) is 16.8 Å². The van der Waals surface area contributed by atoms with Gasteiger partial charge in [-0.2, -0.15) is 0 Å². The molecule has 1 heterocycles. The minimum absolute atomic E-state index is 0.124. The van der Waals surface area contributed by atoms with Crippen LogP contribution in [0.25, 0.3) is 0 Å². The first-order valence-electron chi connectivity index (χ1n) is 9.07. The third-order valence-corrected chi connectivity index (χ3v) is 5.79. The summed E-state index contributed by atoms with van der Waals surface area (Å²) in [4.78, 5) is 39.2. The van der Waals surface area contributed by atoms with Gasteiger partial charge >= 0.3 is 5.97 Å². The van der Waals surface area contributed by atoms with Gasteiger partial charge in [0.25, 0.3) is 0 Å². The van der Waals surface area contributed by atoms with E-state index in [0.717, 1.165) is 6.42 Å². The largest absolute Gasteiger partial charge is 0.423 e. The number of hydrogen-bond donors (Lipinski definition) is 0. The normalized spacial score (nSPS) is 27.9. The average molecular weight is 359 g/mol. The molecule has 5 rings (SSSR count). The molecule has 27 heavy (non-hydrogen) atoms. The summed E-state index contributed by atoms with van der Waals surface area (Å²) in [5.41, 5.74) is 0.874. The van der Waals surface area contributed by atoms with Crippen LogP contribution in [0.15, 0.2) is 66.7 Å². The Hall–Kier alpha value is -3.21. The molecule has 2 amide bonds. The second-order valence-electron chi connectivity index (χ2n) is 7.26. The van der Waals surface area contributed by atoms with Gasteiger partial charge < -0.3 is 4.74 Å². The van der Waals surface area contributed by atoms with E-state index < -0.39 is 5.97 Å². The fourth-order valence-corrected chi connectivity index (χ4v) is 4.56. The molecular weight excluding hydrogens is 342 g/mol. The number of allylic oxidation sites excluding steroid dienone is 2. The number of imide groups is 1. The van der Waals surface area contributed by atoms with Gasteiger partial charge in [-0.3, -0.25) is 14.5 Å². The van der Waals surface area contributed by atoms with Crippen molar-refractivity contribution in [3.63, 3.8) is 0 Å². The van der Waals surface area contributed by atoms with Crippen LogP contribution in [0.5, 0.6) is 5.75 Å². The topological polar surface area (TPSA) is 63.7 Å². The molecule has 1 saturated heterocycles. The van der Waals surface area contributed by atoms with Gasteiger partial charge in [0.1, 0.15) is 5.75 Å². The highest BCUT2D eigenvalue weighted by Crippen LogP contribution is 2.53. The summed E-state index contributed by atoms with van der Waals surface area (Å²) in [5.74, 6) is -0.352. The maximum atomic E-state index is 12.8. The van der Waals surface area contributed by atoms with Gasteiger partial charge in [-0.1, -0.05) is 30.4 Å². The van der Waals surface area contributed by atoms with E-state index in [0.29, 0.717) is 17.0 Å². The quantitative estimate of drug-likeness (QED) is 0.365. The SMILES string of the molecule is O=C(Oc1ccccc1)c1ccc(N2C(=O)[C@@H]3[C@H](C2=O)[C@H]2C=C[C@H]3C2)cc1. The van der Waals surface area contributed by atoms with E-state index in [2.05, 4.69) is 12.2 Å². The summed E-state index contributed by atoms with van der Waals surface area (Å²) >= 11 is 0. The highest BCUT2D eigenvalue weighted by Gasteiger charge is 2.59. The third-order valence-electron chi connectivity index (χ3n) is 5.79. The van der Waals surface area contributed by atoms with Crippen molar-refractivity contribution < 1.29 is 19.1 Å². The van der Waals surface area contributed by atoms with Crippen LogP contribution in [-0.4, -0.2) is 17.8 Å². The zero-order valence-electron chi connectivity index (χ0n) is 14.4. The molecule has 2 aliphatic carbocycles. The molecule has 0 N–H and O–H groups in total. The molecule has 3 aliphatic rings. The second kappa shape index (κ2) is 5.91. The Morgan fingerprint density at radius 2 is 1.44 bits per heavy atom. The van der Waals surface area contributed by atoms with Crippen molar-refractivity contribution in [3.05, 3.63) is 72.3 Å². The molecule has 1 saturated carbocycles. The number of esters is 1. The lowest BCUT2D eigenvalue weighted by Crippen LogP contribution is -2.32. The minimum Gasteiger partial charge on any atom is -0.423 e. The van der Waals surface area contributed by atoms with Crippen LogP contribution >= 0.6 is 0 Å². The van der Waals surface area contributed by atoms with Gasteiger partial charge in [-0.05, 0) is 54.7 Å². The van der Waals surface area contributed by atoms with Crippen molar-refractivity contribution in [2.75, 3.05) is 4.90 Å². The number of rotatable bonds is 3. The Balaban J connectivity index is 1.36. The Morgan fingerprint density at radius 3 is 2.04 bits per heavy atom. The van der Waals surface area contributed by atoms with E-state index in [9.17, 15) is 14.4 Å². The van der Waals surface area contributed by atoms with Crippen LogP contribution in [0, 0.1) is 23.7 Å². The summed E-state index contributed by atoms with van der Waals surface area (Å²) < 4.78 is 5.31. The van der Waals surface area contributed by atoms with Crippen LogP contribution in [0.2, 0.25) is 0 Å². The van der Waals surface area contributed by atoms with Crippen LogP contribution < -0.4 is 9.64 Å². The molecule has 0 spiro atoms. The molecule has 2 fully saturated rings. The Morgan fingerprint density at radius 1 is 0.852 bits per heavy atom. The summed E-state index contributed by atoms with van der Waals surface area (Å²) in [6.07, 6.45) is 5.05. The molecule has 0 radical (unpaired) electrons. The molecule has 134 valence electrons. The maximum Gasteiger partial charge on any atom is 0.343 e. The van der Waals surface area contributed by atoms with Gasteiger partial charge in [0.05, 0.1) is 23.1 Å². The number of carbonyl (C=O) groups excluding carboxylic acids is 3. The average Bonchev–Trinajstić information content (AvgIpc) is 3.37. The lowest BCUT2D eigenvalue weighted by atomic mass is 9.85. The highest BCUT2D eigenvalue weighted by atomic mass is 16.5. The number of benzene rings is 2. The standard InChI is InChI=1S/C22H17NO4/c24-20-18-14-6-7-15(12-14)19(18)21(25)23(20)16-10-8-13(9-11-16)22(26)27-17-4-2-1-3-5-17/h1-11,14-15,18-19H,12H2/t14-,15-,18-,19+/m0/s1. The van der Waals surface area contributed by atoms with Gasteiger partial charge in [-0.25, -0.2) is 4.79 Å². The number of fused-ring (bicyclic) bond motifs is 5. The molecule has 0 unspecified atom stereocenters. The lowest BCUT2D eigenvalue weighted by Gasteiger charge is -2.17. The fourth-order valence-electron chi connectivity index (χ4n) is 4.56. The number of amides is 2. The number of hydrogen-bond acceptors (Lipinski definition) is 4. The van der Waals surface area contributed by atoms with Gasteiger partial charge in [0, 0.05) is 0 Å². The second-order valence-corrected chi connectivity index (χ2v) is 7.26. The molecule has 0 aromatic heterocycles. The summed E-state index contributed by atoms with van der Waals surface area (Å²) in [6, 6.07) is 15.3. The number of ether oxygens (including phenoxy) is 1. The lowest BCUT2D eigenvalue weighted by molar-refractivity contribution is -0.123. The number of para-hydroxylation sites is 1. The van der Waals surface area contributed by atoms with Crippen LogP contribution in [-0.2, 0) is 9.59 Å². The van der Waals surface area contributed by atoms with Crippen molar-refractivity contribution in [1.29, 1.82) is 0 Å². The van der Waals surface area contributed by atoms with Crippen molar-refractivity contribution in [1.82, 2.24) is 0 Å². The summed E-state index contributed by atoms with van der Waals surface area (Å²) in [6.45, 7) is 0. The molecule has 4 atom stereocenters. The van der Waals surface area contributed by atoms with Crippen LogP contribution in [0.4, 0.5) is 5.69 Å². The molecule has 5 heteroatoms. The van der Waals surface area contributed by atoms with E-state index in [1.54, 1.807) is 48.5 Å². The predicted molar refractivity (Wildman–Crippen MR) is 98.1 cm³/mol. The van der Waals surface area contributed by atoms with Crippen molar-refractivity contribution in [2.45, 2.75) is 6.42 Å². The smallest absolute Gasteiger partial charge is 0.343 e. The minimum atomic E-state index is -0.481. The van der Waals surface area contributed by atoms with E-state index in [-0.39, 0.29) is 35.5 Å². The number of anilines is 1. The van der Waals surface area contributed by atoms with E-state index in [4.69, 9.17) is 4.74 Å². The van der Waals surface area contributed by atoms with Gasteiger partial charge in [0.15, 0.2) is 0 Å². The molecule has 2 bridgehead atoms. The first-order chi connectivity index (χ1) is 13.1. The molecule has 5 nitrogen and oxygen atoms in total. The first kappa shape index (κ1) is 16.0. The van der Waals surface area contributed by atoms with Crippen molar-refractivity contribution in [2.24, 2.45) is 23.7 Å². The van der Waals surface area contributed by atoms with E-state index in [1.165, 1.54) is 4.90 Å². The van der Waals surface area contributed by atoms with E-state index in [1.807, 2.05) is 6.07 Å². The van der Waals surface area contributed by atoms with Gasteiger partial charge in [-0.15, -0.1) is 0 Å². The van der Waals surface area contributed by atoms with Crippen LogP contribution in [0.3, 0.4) is 0 Å². The molecule has 1 aliphatic heterocycles. The molecular formula is C22H17NO4. The summed E-state index contributed by atoms with van der Waals surface area (Å²) in [7, 11) is 0. The maximum absolute atomic E-state index is 12.8. The monoisotopic (exact) mass is 359 g/mol. The van der Waals surface area contributed by atoms with Crippen molar-refractivity contribution >= 4 is 23.5 Å². The Bertz CT molecular complexity index is 934. The number of nitrogens with zero attached hydrogens (tertiary/aromatic N) is 1. The molecule has 2 aromatic rings. The number of carbonyl (C=O) groups is 3. The zero-order chi connectivity index (χ0) is 18.5. The fraction of sp³-hybridized carbons (Fsp3) is 0.227. The third kappa shape index (κ3) is 2.42.